The van der Waals surface area contributed by atoms with Crippen molar-refractivity contribution >= 4 is 62.0 Å². The van der Waals surface area contributed by atoms with Crippen molar-refractivity contribution in [2.45, 2.75) is 4.90 Å². The molecular weight excluding hydrogens is 467 g/mol. The molecule has 0 aromatic heterocycles. The van der Waals surface area contributed by atoms with Crippen molar-refractivity contribution in [1.29, 1.82) is 0 Å². The highest BCUT2D eigenvalue weighted by molar-refractivity contribution is 7.92. The molecule has 0 heterocycles. The molecule has 0 radical (unpaired) electrons. The van der Waals surface area contributed by atoms with Crippen LogP contribution in [0.5, 0.6) is 0 Å². The standard InChI is InChI=1S/C19H20Cl2N4O5S/c1-11(19(28)23-2)16-5-4-14(9-17(16)24(3)22)25(10-18(26)27)31(29,30)15-7-12(20)6-13(21)8-15/h4-9H,1,10,22H2,2-3H3,(H,23,28)(H,26,27). The number of nitrogens with two attached hydrogens (primary N) is 1. The Bertz CT molecular complexity index is 1130. The third kappa shape index (κ3) is 5.47. The van der Waals surface area contributed by atoms with Gasteiger partial charge in [-0.2, -0.15) is 0 Å². The summed E-state index contributed by atoms with van der Waals surface area (Å²) < 4.78 is 27.2. The van der Waals surface area contributed by atoms with Gasteiger partial charge in [0.1, 0.15) is 6.54 Å². The first-order valence-electron chi connectivity index (χ1n) is 8.63. The number of carbonyl (C=O) groups excluding carboxylic acids is 1. The monoisotopic (exact) mass is 486 g/mol. The van der Waals surface area contributed by atoms with Gasteiger partial charge in [0.2, 0.25) is 0 Å². The van der Waals surface area contributed by atoms with E-state index in [9.17, 15) is 23.1 Å². The van der Waals surface area contributed by atoms with Crippen LogP contribution in [0.15, 0.2) is 47.9 Å². The van der Waals surface area contributed by atoms with E-state index in [4.69, 9.17) is 29.0 Å². The Kier molecular flexibility index (Phi) is 7.55. The van der Waals surface area contributed by atoms with Gasteiger partial charge >= 0.3 is 5.97 Å². The first kappa shape index (κ1) is 24.5. The lowest BCUT2D eigenvalue weighted by atomic mass is 10.0. The number of carbonyl (C=O) groups is 2. The van der Waals surface area contributed by atoms with Crippen molar-refractivity contribution in [2.24, 2.45) is 5.84 Å². The van der Waals surface area contributed by atoms with Crippen molar-refractivity contribution < 1.29 is 23.1 Å². The zero-order chi connectivity index (χ0) is 23.5. The molecule has 0 fully saturated rings. The average Bonchev–Trinajstić information content (AvgIpc) is 2.69. The Morgan fingerprint density at radius 3 is 2.23 bits per heavy atom. The lowest BCUT2D eigenvalue weighted by Crippen LogP contribution is -2.36. The minimum atomic E-state index is -4.37. The summed E-state index contributed by atoms with van der Waals surface area (Å²) in [5.74, 6) is 4.02. The molecule has 0 aliphatic heterocycles. The molecule has 2 rings (SSSR count). The summed E-state index contributed by atoms with van der Waals surface area (Å²) in [7, 11) is -1.45. The third-order valence-electron chi connectivity index (χ3n) is 4.18. The number of hydrazine groups is 1. The normalized spacial score (nSPS) is 11.0. The Balaban J connectivity index is 2.68. The number of aliphatic carboxylic acids is 1. The molecule has 1 amide bonds. The molecule has 0 saturated heterocycles. The highest BCUT2D eigenvalue weighted by Crippen LogP contribution is 2.33. The fourth-order valence-corrected chi connectivity index (χ4v) is 4.87. The van der Waals surface area contributed by atoms with Crippen molar-refractivity contribution in [1.82, 2.24) is 5.32 Å². The van der Waals surface area contributed by atoms with Crippen LogP contribution >= 0.6 is 23.2 Å². The van der Waals surface area contributed by atoms with Crippen molar-refractivity contribution in [3.8, 4) is 0 Å². The fraction of sp³-hybridized carbons (Fsp3) is 0.158. The van der Waals surface area contributed by atoms with Crippen LogP contribution in [0.2, 0.25) is 10.0 Å². The SMILES string of the molecule is C=C(C(=O)NC)c1ccc(N(CC(=O)O)S(=O)(=O)c2cc(Cl)cc(Cl)c2)cc1N(C)N. The van der Waals surface area contributed by atoms with Crippen LogP contribution < -0.4 is 20.5 Å². The van der Waals surface area contributed by atoms with Crippen LogP contribution in [0.1, 0.15) is 5.56 Å². The maximum absolute atomic E-state index is 13.2. The Labute approximate surface area is 189 Å². The van der Waals surface area contributed by atoms with Crippen molar-refractivity contribution in [3.05, 3.63) is 58.6 Å². The van der Waals surface area contributed by atoms with Gasteiger partial charge in [-0.25, -0.2) is 14.3 Å². The number of hydrogen-bond donors (Lipinski definition) is 3. The number of benzene rings is 2. The van der Waals surface area contributed by atoms with Crippen LogP contribution in [0.4, 0.5) is 11.4 Å². The summed E-state index contributed by atoms with van der Waals surface area (Å²) in [6.45, 7) is 2.85. The second-order valence-corrected chi connectivity index (χ2v) is 9.12. The zero-order valence-corrected chi connectivity index (χ0v) is 18.9. The molecule has 0 spiro atoms. The molecular formula is C19H20Cl2N4O5S. The smallest absolute Gasteiger partial charge is 0.324 e. The minimum Gasteiger partial charge on any atom is -0.480 e. The maximum atomic E-state index is 13.2. The lowest BCUT2D eigenvalue weighted by molar-refractivity contribution is -0.135. The Morgan fingerprint density at radius 2 is 1.74 bits per heavy atom. The predicted molar refractivity (Wildman–Crippen MR) is 121 cm³/mol. The summed E-state index contributed by atoms with van der Waals surface area (Å²) in [6, 6.07) is 7.80. The fourth-order valence-electron chi connectivity index (χ4n) is 2.74. The number of nitrogens with zero attached hydrogens (tertiary/aromatic N) is 2. The number of rotatable bonds is 8. The van der Waals surface area contributed by atoms with E-state index in [1.54, 1.807) is 0 Å². The molecule has 2 aromatic carbocycles. The molecule has 4 N–H and O–H groups in total. The number of carboxylic acids is 1. The van der Waals surface area contributed by atoms with E-state index in [0.717, 1.165) is 17.1 Å². The predicted octanol–water partition coefficient (Wildman–Crippen LogP) is 2.34. The van der Waals surface area contributed by atoms with E-state index in [-0.39, 0.29) is 31.9 Å². The van der Waals surface area contributed by atoms with Gasteiger partial charge in [0.15, 0.2) is 0 Å². The quantitative estimate of drug-likeness (QED) is 0.296. The van der Waals surface area contributed by atoms with Crippen LogP contribution in [-0.4, -0.2) is 46.0 Å². The molecule has 9 nitrogen and oxygen atoms in total. The van der Waals surface area contributed by atoms with Gasteiger partial charge in [-0.15, -0.1) is 0 Å². The van der Waals surface area contributed by atoms with Crippen molar-refractivity contribution in [3.63, 3.8) is 0 Å². The first-order chi connectivity index (χ1) is 14.4. The van der Waals surface area contributed by atoms with Crippen LogP contribution in [0.3, 0.4) is 0 Å². The molecule has 12 heteroatoms. The zero-order valence-electron chi connectivity index (χ0n) is 16.6. The Hall–Kier alpha value is -2.79. The van der Waals surface area contributed by atoms with E-state index >= 15 is 0 Å². The Morgan fingerprint density at radius 1 is 1.16 bits per heavy atom. The number of likely N-dealkylation sites (N-methyl/N-ethyl adjacent to an activating group) is 1. The van der Waals surface area contributed by atoms with Gasteiger partial charge in [0, 0.05) is 35.3 Å². The number of halogens is 2. The molecule has 0 aliphatic carbocycles. The second-order valence-electron chi connectivity index (χ2n) is 6.38. The molecule has 0 aliphatic rings. The highest BCUT2D eigenvalue weighted by atomic mass is 35.5. The summed E-state index contributed by atoms with van der Waals surface area (Å²) in [5, 5.41) is 13.1. The summed E-state index contributed by atoms with van der Waals surface area (Å²) in [4.78, 5) is 23.2. The lowest BCUT2D eigenvalue weighted by Gasteiger charge is -2.26. The number of sulfonamides is 1. The molecule has 166 valence electrons. The number of amides is 1. The molecule has 31 heavy (non-hydrogen) atoms. The van der Waals surface area contributed by atoms with Crippen LogP contribution in [0.25, 0.3) is 5.57 Å². The van der Waals surface area contributed by atoms with Gasteiger partial charge < -0.3 is 15.4 Å². The molecule has 0 atom stereocenters. The van der Waals surface area contributed by atoms with Gasteiger partial charge in [0.05, 0.1) is 16.3 Å². The van der Waals surface area contributed by atoms with E-state index in [1.807, 2.05) is 0 Å². The van der Waals surface area contributed by atoms with Gasteiger partial charge in [-0.3, -0.25) is 13.9 Å². The largest absolute Gasteiger partial charge is 0.480 e. The van der Waals surface area contributed by atoms with E-state index in [0.29, 0.717) is 9.87 Å². The van der Waals surface area contributed by atoms with Crippen molar-refractivity contribution in [2.75, 3.05) is 30.0 Å². The van der Waals surface area contributed by atoms with E-state index in [2.05, 4.69) is 11.9 Å². The molecule has 0 saturated carbocycles. The van der Waals surface area contributed by atoms with E-state index in [1.165, 1.54) is 38.4 Å². The summed E-state index contributed by atoms with van der Waals surface area (Å²) in [5.41, 5.74) is 0.683. The number of nitrogens with one attached hydrogen (secondary N) is 1. The number of carboxylic acid groups (broad SMARTS) is 1. The first-order valence-corrected chi connectivity index (χ1v) is 10.8. The van der Waals surface area contributed by atoms with Gasteiger partial charge in [-0.05, 0) is 36.4 Å². The summed E-state index contributed by atoms with van der Waals surface area (Å²) >= 11 is 11.8. The molecule has 2 aromatic rings. The van der Waals surface area contributed by atoms with Gasteiger partial charge in [0.25, 0.3) is 15.9 Å². The minimum absolute atomic E-state index is 0.000690. The average molecular weight is 487 g/mol. The summed E-state index contributed by atoms with van der Waals surface area (Å²) in [6.07, 6.45) is 0. The highest BCUT2D eigenvalue weighted by Gasteiger charge is 2.29. The van der Waals surface area contributed by atoms with E-state index < -0.39 is 28.4 Å². The number of anilines is 2. The molecule has 0 bridgehead atoms. The topological polar surface area (TPSA) is 133 Å². The van der Waals surface area contributed by atoms with Crippen LogP contribution in [0, 0.1) is 0 Å². The third-order valence-corrected chi connectivity index (χ3v) is 6.37. The maximum Gasteiger partial charge on any atom is 0.324 e. The second kappa shape index (κ2) is 9.56. The van der Waals surface area contributed by atoms with Gasteiger partial charge in [-0.1, -0.05) is 29.8 Å². The molecule has 0 unspecified atom stereocenters. The van der Waals surface area contributed by atoms with Crippen LogP contribution in [-0.2, 0) is 19.6 Å². The number of hydrogen-bond acceptors (Lipinski definition) is 6.